The molecule has 2 unspecified atom stereocenters. The second kappa shape index (κ2) is 13.2. The number of fused-ring (bicyclic) bond motifs is 3. The molecule has 6 rings (SSSR count). The summed E-state index contributed by atoms with van der Waals surface area (Å²) in [7, 11) is 1.69. The number of nitrogens with one attached hydrogen (secondary N) is 1. The summed E-state index contributed by atoms with van der Waals surface area (Å²) in [5.41, 5.74) is 3.94. The van der Waals surface area contributed by atoms with E-state index in [1.165, 1.54) is 30.5 Å². The molecule has 8 heteroatoms. The van der Waals surface area contributed by atoms with Crippen molar-refractivity contribution < 1.29 is 18.7 Å². The first kappa shape index (κ1) is 29.2. The van der Waals surface area contributed by atoms with E-state index in [4.69, 9.17) is 9.47 Å². The molecule has 2 bridgehead atoms. The number of rotatable bonds is 12. The van der Waals surface area contributed by atoms with Gasteiger partial charge in [0.2, 0.25) is 0 Å². The van der Waals surface area contributed by atoms with Gasteiger partial charge in [-0.3, -0.25) is 14.6 Å². The van der Waals surface area contributed by atoms with E-state index in [1.54, 1.807) is 19.2 Å². The molecular formula is C35H41FN4O3. The highest BCUT2D eigenvalue weighted by Crippen LogP contribution is 2.32. The normalized spacial score (nSPS) is 18.7. The van der Waals surface area contributed by atoms with Gasteiger partial charge in [0.25, 0.3) is 5.91 Å². The van der Waals surface area contributed by atoms with Crippen LogP contribution in [0, 0.1) is 12.7 Å². The van der Waals surface area contributed by atoms with Crippen molar-refractivity contribution in [3.05, 3.63) is 95.4 Å². The van der Waals surface area contributed by atoms with E-state index in [1.807, 2.05) is 36.5 Å². The van der Waals surface area contributed by atoms with Crippen LogP contribution < -0.4 is 14.8 Å². The van der Waals surface area contributed by atoms with Gasteiger partial charge in [-0.25, -0.2) is 4.39 Å². The minimum absolute atomic E-state index is 0.0715. The average Bonchev–Trinajstić information content (AvgIpc) is 3.50. The smallest absolute Gasteiger partial charge is 0.253 e. The first-order valence-corrected chi connectivity index (χ1v) is 15.3. The van der Waals surface area contributed by atoms with Crippen molar-refractivity contribution in [2.75, 3.05) is 39.9 Å². The fraction of sp³-hybridized carbons (Fsp3) is 0.400. The summed E-state index contributed by atoms with van der Waals surface area (Å²) >= 11 is 0. The molecule has 2 aliphatic rings. The summed E-state index contributed by atoms with van der Waals surface area (Å²) in [6, 6.07) is 21.4. The summed E-state index contributed by atoms with van der Waals surface area (Å²) in [6.45, 7) is 7.98. The zero-order valence-electron chi connectivity index (χ0n) is 25.1. The van der Waals surface area contributed by atoms with Gasteiger partial charge in [0, 0.05) is 62.9 Å². The Labute approximate surface area is 253 Å². The molecule has 4 aromatic rings. The van der Waals surface area contributed by atoms with Gasteiger partial charge >= 0.3 is 0 Å². The number of hydrogen-bond donors (Lipinski definition) is 1. The predicted octanol–water partition coefficient (Wildman–Crippen LogP) is 5.65. The maximum absolute atomic E-state index is 13.4. The molecule has 2 atom stereocenters. The minimum Gasteiger partial charge on any atom is -0.495 e. The molecule has 0 spiro atoms. The highest BCUT2D eigenvalue weighted by Gasteiger charge is 2.39. The third-order valence-electron chi connectivity index (χ3n) is 9.04. The Hall–Kier alpha value is -3.88. The fourth-order valence-electron chi connectivity index (χ4n) is 6.80. The van der Waals surface area contributed by atoms with Crippen molar-refractivity contribution in [1.82, 2.24) is 19.7 Å². The Morgan fingerprint density at radius 1 is 0.953 bits per heavy atom. The lowest BCUT2D eigenvalue weighted by Crippen LogP contribution is -2.54. The molecule has 43 heavy (non-hydrogen) atoms. The van der Waals surface area contributed by atoms with Crippen LogP contribution >= 0.6 is 0 Å². The largest absolute Gasteiger partial charge is 0.495 e. The quantitative estimate of drug-likeness (QED) is 0.234. The summed E-state index contributed by atoms with van der Waals surface area (Å²) in [5, 5.41) is 4.04. The third kappa shape index (κ3) is 6.55. The number of aromatic nitrogens is 1. The molecule has 3 aromatic carbocycles. The second-order valence-corrected chi connectivity index (χ2v) is 11.7. The Kier molecular flexibility index (Phi) is 8.95. The number of halogens is 1. The minimum atomic E-state index is -0.246. The number of carbonyl (C=O) groups is 1. The van der Waals surface area contributed by atoms with Crippen molar-refractivity contribution in [3.8, 4) is 11.5 Å². The van der Waals surface area contributed by atoms with Crippen LogP contribution in [0.3, 0.4) is 0 Å². The fourth-order valence-corrected chi connectivity index (χ4v) is 6.80. The van der Waals surface area contributed by atoms with Crippen molar-refractivity contribution in [2.24, 2.45) is 0 Å². The molecule has 2 saturated heterocycles. The summed E-state index contributed by atoms with van der Waals surface area (Å²) in [5.74, 6) is 1.18. The van der Waals surface area contributed by atoms with Crippen LogP contribution in [0.4, 0.5) is 4.39 Å². The number of para-hydroxylation sites is 1. The number of aryl methyl sites for hydroxylation is 2. The monoisotopic (exact) mass is 584 g/mol. The second-order valence-electron chi connectivity index (χ2n) is 11.7. The van der Waals surface area contributed by atoms with Crippen molar-refractivity contribution in [2.45, 2.75) is 51.4 Å². The van der Waals surface area contributed by atoms with E-state index in [9.17, 15) is 9.18 Å². The lowest BCUT2D eigenvalue weighted by Gasteiger charge is -2.41. The Morgan fingerprint density at radius 2 is 1.72 bits per heavy atom. The van der Waals surface area contributed by atoms with Crippen molar-refractivity contribution in [3.63, 3.8) is 0 Å². The predicted molar refractivity (Wildman–Crippen MR) is 167 cm³/mol. The molecule has 1 amide bonds. The Balaban J connectivity index is 1.06. The van der Waals surface area contributed by atoms with Gasteiger partial charge < -0.3 is 19.4 Å². The standard InChI is InChI=1S/C35H41FN4O3/c1-25-7-3-4-8-26(25)21-37-35(41)32-24-39(34-31(32)9-5-10-33(34)42-2)17-6-18-40-28-13-14-29(40)23-38(22-28)19-20-43-30-15-11-27(36)12-16-30/h3-5,7-12,15-16,24,28-29H,6,13-14,17-23H2,1-2H3,(H,37,41). The van der Waals surface area contributed by atoms with Gasteiger partial charge in [-0.15, -0.1) is 0 Å². The number of carbonyl (C=O) groups excluding carboxylic acids is 1. The van der Waals surface area contributed by atoms with Gasteiger partial charge in [0.1, 0.15) is 23.9 Å². The van der Waals surface area contributed by atoms with Crippen LogP contribution in [0.5, 0.6) is 11.5 Å². The molecule has 1 aromatic heterocycles. The first-order valence-electron chi connectivity index (χ1n) is 15.3. The van der Waals surface area contributed by atoms with Gasteiger partial charge in [-0.1, -0.05) is 36.4 Å². The summed E-state index contributed by atoms with van der Waals surface area (Å²) < 4.78 is 26.9. The highest BCUT2D eigenvalue weighted by atomic mass is 19.1. The van der Waals surface area contributed by atoms with E-state index in [-0.39, 0.29) is 11.7 Å². The molecule has 226 valence electrons. The zero-order valence-corrected chi connectivity index (χ0v) is 25.1. The molecule has 7 nitrogen and oxygen atoms in total. The number of nitrogens with zero attached hydrogens (tertiary/aromatic N) is 3. The van der Waals surface area contributed by atoms with Crippen LogP contribution in [0.15, 0.2) is 72.9 Å². The number of piperazine rings is 1. The highest BCUT2D eigenvalue weighted by molar-refractivity contribution is 6.08. The lowest BCUT2D eigenvalue weighted by atomic mass is 10.1. The lowest BCUT2D eigenvalue weighted by molar-refractivity contribution is 0.0574. The molecule has 2 fully saturated rings. The molecular weight excluding hydrogens is 543 g/mol. The SMILES string of the molecule is COc1cccc2c(C(=O)NCc3ccccc3C)cn(CCCN3C4CCC3CN(CCOc3ccc(F)cc3)C4)c12. The average molecular weight is 585 g/mol. The molecule has 0 aliphatic carbocycles. The molecule has 0 saturated carbocycles. The summed E-state index contributed by atoms with van der Waals surface area (Å²) in [4.78, 5) is 18.6. The Bertz CT molecular complexity index is 1540. The summed E-state index contributed by atoms with van der Waals surface area (Å²) in [6.07, 6.45) is 5.44. The molecule has 2 aliphatic heterocycles. The zero-order chi connectivity index (χ0) is 29.8. The van der Waals surface area contributed by atoms with Crippen LogP contribution in [-0.2, 0) is 13.1 Å². The maximum Gasteiger partial charge on any atom is 0.253 e. The first-order chi connectivity index (χ1) is 21.0. The van der Waals surface area contributed by atoms with Crippen molar-refractivity contribution >= 4 is 16.8 Å². The topological polar surface area (TPSA) is 59.0 Å². The van der Waals surface area contributed by atoms with Gasteiger partial charge in [-0.05, 0) is 67.6 Å². The molecule has 1 N–H and O–H groups in total. The van der Waals surface area contributed by atoms with E-state index >= 15 is 0 Å². The van der Waals surface area contributed by atoms with Crippen LogP contribution in [0.1, 0.15) is 40.7 Å². The number of methoxy groups -OCH3 is 1. The van der Waals surface area contributed by atoms with E-state index in [0.717, 1.165) is 61.4 Å². The van der Waals surface area contributed by atoms with Crippen LogP contribution in [0.25, 0.3) is 10.9 Å². The van der Waals surface area contributed by atoms with E-state index < -0.39 is 0 Å². The van der Waals surface area contributed by atoms with Crippen LogP contribution in [0.2, 0.25) is 0 Å². The Morgan fingerprint density at radius 3 is 2.47 bits per heavy atom. The van der Waals surface area contributed by atoms with E-state index in [2.05, 4.69) is 38.7 Å². The number of benzene rings is 3. The molecule has 0 radical (unpaired) electrons. The van der Waals surface area contributed by atoms with Gasteiger partial charge in [0.05, 0.1) is 18.2 Å². The van der Waals surface area contributed by atoms with Crippen LogP contribution in [-0.4, -0.2) is 72.3 Å². The van der Waals surface area contributed by atoms with E-state index in [0.29, 0.717) is 36.5 Å². The number of ether oxygens (including phenoxy) is 2. The number of amides is 1. The molecule has 3 heterocycles. The van der Waals surface area contributed by atoms with Crippen molar-refractivity contribution in [1.29, 1.82) is 0 Å². The third-order valence-corrected chi connectivity index (χ3v) is 9.04. The maximum atomic E-state index is 13.4. The number of hydrogen-bond acceptors (Lipinski definition) is 5. The number of likely N-dealkylation sites (tertiary alicyclic amines) is 1. The van der Waals surface area contributed by atoms with Gasteiger partial charge in [-0.2, -0.15) is 0 Å². The van der Waals surface area contributed by atoms with Gasteiger partial charge in [0.15, 0.2) is 0 Å².